The van der Waals surface area contributed by atoms with E-state index in [-0.39, 0.29) is 11.5 Å². The SMILES string of the molecule is CCC1CCCc2c1nc1c(Br)cc(F)cc1c2C(=O)O. The number of aromatic carboxylic acids is 1. The molecule has 0 bridgehead atoms. The Morgan fingerprint density at radius 1 is 1.52 bits per heavy atom. The lowest BCUT2D eigenvalue weighted by atomic mass is 9.82. The van der Waals surface area contributed by atoms with Crippen molar-refractivity contribution in [2.24, 2.45) is 0 Å². The molecule has 1 unspecified atom stereocenters. The maximum atomic E-state index is 13.7. The van der Waals surface area contributed by atoms with Crippen LogP contribution >= 0.6 is 15.9 Å². The summed E-state index contributed by atoms with van der Waals surface area (Å²) in [4.78, 5) is 16.4. The van der Waals surface area contributed by atoms with Gasteiger partial charge >= 0.3 is 5.97 Å². The van der Waals surface area contributed by atoms with Crippen LogP contribution in [0.25, 0.3) is 10.9 Å². The number of halogens is 2. The Hall–Kier alpha value is -1.49. The molecule has 3 nitrogen and oxygen atoms in total. The van der Waals surface area contributed by atoms with Gasteiger partial charge in [-0.1, -0.05) is 6.92 Å². The van der Waals surface area contributed by atoms with Crippen LogP contribution in [0.15, 0.2) is 16.6 Å². The van der Waals surface area contributed by atoms with Gasteiger partial charge in [-0.2, -0.15) is 0 Å². The number of benzene rings is 1. The topological polar surface area (TPSA) is 50.2 Å². The lowest BCUT2D eigenvalue weighted by molar-refractivity contribution is 0.0697. The minimum absolute atomic E-state index is 0.216. The number of hydrogen-bond acceptors (Lipinski definition) is 2. The van der Waals surface area contributed by atoms with Crippen LogP contribution in [0, 0.1) is 5.82 Å². The molecule has 1 aliphatic rings. The standard InChI is InChI=1S/C16H15BrFNO2/c1-2-8-4-3-5-10-13(16(20)21)11-6-9(18)7-12(17)15(11)19-14(8)10/h6-8H,2-5H2,1H3,(H,20,21). The first-order valence-corrected chi connectivity index (χ1v) is 7.87. The van der Waals surface area contributed by atoms with E-state index in [0.717, 1.165) is 30.5 Å². The molecule has 0 aliphatic heterocycles. The number of carboxylic acids is 1. The molecule has 3 rings (SSSR count). The van der Waals surface area contributed by atoms with Crippen LogP contribution in [0.4, 0.5) is 4.39 Å². The number of hydrogen-bond donors (Lipinski definition) is 1. The normalized spacial score (nSPS) is 17.8. The summed E-state index contributed by atoms with van der Waals surface area (Å²) in [5.41, 5.74) is 2.41. The predicted molar refractivity (Wildman–Crippen MR) is 82.3 cm³/mol. The zero-order valence-corrected chi connectivity index (χ0v) is 13.2. The van der Waals surface area contributed by atoms with Gasteiger partial charge in [-0.3, -0.25) is 4.98 Å². The third-order valence-corrected chi connectivity index (χ3v) is 4.82. The highest BCUT2D eigenvalue weighted by Crippen LogP contribution is 2.38. The molecular formula is C16H15BrFNO2. The first-order valence-electron chi connectivity index (χ1n) is 7.07. The number of aromatic nitrogens is 1. The Morgan fingerprint density at radius 3 is 2.95 bits per heavy atom. The molecule has 1 heterocycles. The largest absolute Gasteiger partial charge is 0.478 e. The Labute approximate surface area is 130 Å². The first kappa shape index (κ1) is 14.4. The summed E-state index contributed by atoms with van der Waals surface area (Å²) in [5.74, 6) is -1.18. The van der Waals surface area contributed by atoms with Crippen molar-refractivity contribution in [2.75, 3.05) is 0 Å². The third kappa shape index (κ3) is 2.33. The van der Waals surface area contributed by atoms with E-state index in [1.165, 1.54) is 12.1 Å². The van der Waals surface area contributed by atoms with E-state index < -0.39 is 11.8 Å². The zero-order chi connectivity index (χ0) is 15.1. The van der Waals surface area contributed by atoms with Gasteiger partial charge in [0.15, 0.2) is 0 Å². The number of fused-ring (bicyclic) bond motifs is 2. The van der Waals surface area contributed by atoms with Gasteiger partial charge in [0.25, 0.3) is 0 Å². The summed E-state index contributed by atoms with van der Waals surface area (Å²) in [6.45, 7) is 2.09. The van der Waals surface area contributed by atoms with Crippen LogP contribution in [0.3, 0.4) is 0 Å². The second-order valence-corrected chi connectivity index (χ2v) is 6.29. The summed E-state index contributed by atoms with van der Waals surface area (Å²) in [7, 11) is 0. The average Bonchev–Trinajstić information content (AvgIpc) is 2.44. The van der Waals surface area contributed by atoms with E-state index >= 15 is 0 Å². The molecular weight excluding hydrogens is 337 g/mol. The van der Waals surface area contributed by atoms with E-state index in [0.29, 0.717) is 21.8 Å². The van der Waals surface area contributed by atoms with Gasteiger partial charge in [-0.15, -0.1) is 0 Å². The van der Waals surface area contributed by atoms with Crippen LogP contribution in [0.5, 0.6) is 0 Å². The van der Waals surface area contributed by atoms with Gasteiger partial charge in [0, 0.05) is 21.5 Å². The molecule has 5 heteroatoms. The molecule has 0 saturated carbocycles. The van der Waals surface area contributed by atoms with Gasteiger partial charge < -0.3 is 5.11 Å². The zero-order valence-electron chi connectivity index (χ0n) is 11.6. The summed E-state index contributed by atoms with van der Waals surface area (Å²) >= 11 is 3.31. The van der Waals surface area contributed by atoms with E-state index in [1.807, 2.05) is 0 Å². The van der Waals surface area contributed by atoms with Gasteiger partial charge in [0.1, 0.15) is 5.82 Å². The lowest BCUT2D eigenvalue weighted by Gasteiger charge is -2.26. The van der Waals surface area contributed by atoms with Crippen LogP contribution in [-0.2, 0) is 6.42 Å². The number of carbonyl (C=O) groups is 1. The highest BCUT2D eigenvalue weighted by Gasteiger charge is 2.28. The van der Waals surface area contributed by atoms with Crippen LogP contribution in [0.1, 0.15) is 53.7 Å². The highest BCUT2D eigenvalue weighted by molar-refractivity contribution is 9.10. The Bertz CT molecular complexity index is 745. The molecule has 21 heavy (non-hydrogen) atoms. The summed E-state index contributed by atoms with van der Waals surface area (Å²) in [6.07, 6.45) is 3.61. The van der Waals surface area contributed by atoms with Crippen molar-refractivity contribution in [1.29, 1.82) is 0 Å². The highest BCUT2D eigenvalue weighted by atomic mass is 79.9. The number of nitrogens with zero attached hydrogens (tertiary/aromatic N) is 1. The summed E-state index contributed by atoms with van der Waals surface area (Å²) in [5, 5.41) is 9.99. The van der Waals surface area contributed by atoms with E-state index in [4.69, 9.17) is 0 Å². The van der Waals surface area contributed by atoms with Gasteiger partial charge in [0.2, 0.25) is 0 Å². The molecule has 1 atom stereocenters. The second kappa shape index (κ2) is 5.37. The van der Waals surface area contributed by atoms with E-state index in [2.05, 4.69) is 27.8 Å². The minimum Gasteiger partial charge on any atom is -0.478 e. The van der Waals surface area contributed by atoms with Crippen molar-refractivity contribution in [3.05, 3.63) is 39.2 Å². The molecule has 1 aromatic heterocycles. The Morgan fingerprint density at radius 2 is 2.29 bits per heavy atom. The fourth-order valence-electron chi connectivity index (χ4n) is 3.24. The predicted octanol–water partition coefficient (Wildman–Crippen LogP) is 4.66. The molecule has 1 N–H and O–H groups in total. The molecule has 0 saturated heterocycles. The molecule has 1 aromatic carbocycles. The maximum Gasteiger partial charge on any atom is 0.336 e. The minimum atomic E-state index is -1.01. The smallest absolute Gasteiger partial charge is 0.336 e. The summed E-state index contributed by atoms with van der Waals surface area (Å²) < 4.78 is 14.2. The number of pyridine rings is 1. The molecule has 0 fully saturated rings. The fraction of sp³-hybridized carbons (Fsp3) is 0.375. The van der Waals surface area contributed by atoms with Gasteiger partial charge in [-0.25, -0.2) is 9.18 Å². The number of rotatable bonds is 2. The molecule has 110 valence electrons. The second-order valence-electron chi connectivity index (χ2n) is 5.44. The van der Waals surface area contributed by atoms with Crippen molar-refractivity contribution in [3.63, 3.8) is 0 Å². The first-order chi connectivity index (χ1) is 10.0. The molecule has 1 aliphatic carbocycles. The third-order valence-electron chi connectivity index (χ3n) is 4.21. The fourth-order valence-corrected chi connectivity index (χ4v) is 3.76. The molecule has 0 radical (unpaired) electrons. The van der Waals surface area contributed by atoms with E-state index in [1.54, 1.807) is 0 Å². The van der Waals surface area contributed by atoms with Crippen molar-refractivity contribution < 1.29 is 14.3 Å². The molecule has 2 aromatic rings. The van der Waals surface area contributed by atoms with Crippen LogP contribution in [0.2, 0.25) is 0 Å². The lowest BCUT2D eigenvalue weighted by Crippen LogP contribution is -2.17. The van der Waals surface area contributed by atoms with Crippen LogP contribution in [-0.4, -0.2) is 16.1 Å². The van der Waals surface area contributed by atoms with Crippen molar-refractivity contribution >= 4 is 32.8 Å². The molecule has 0 amide bonds. The molecule has 0 spiro atoms. The Kier molecular flexibility index (Phi) is 3.69. The van der Waals surface area contributed by atoms with Crippen LogP contribution < -0.4 is 0 Å². The Balaban J connectivity index is 2.43. The van der Waals surface area contributed by atoms with Gasteiger partial charge in [0.05, 0.1) is 11.1 Å². The van der Waals surface area contributed by atoms with Crippen molar-refractivity contribution in [3.8, 4) is 0 Å². The number of carboxylic acid groups (broad SMARTS) is 1. The van der Waals surface area contributed by atoms with Gasteiger partial charge in [-0.05, 0) is 59.3 Å². The van der Waals surface area contributed by atoms with Crippen molar-refractivity contribution in [2.45, 2.75) is 38.5 Å². The average molecular weight is 352 g/mol. The summed E-state index contributed by atoms with van der Waals surface area (Å²) in [6, 6.07) is 2.60. The monoisotopic (exact) mass is 351 g/mol. The maximum absolute atomic E-state index is 13.7. The van der Waals surface area contributed by atoms with Crippen molar-refractivity contribution in [1.82, 2.24) is 4.98 Å². The van der Waals surface area contributed by atoms with E-state index in [9.17, 15) is 14.3 Å². The quantitative estimate of drug-likeness (QED) is 0.855.